The first-order valence-corrected chi connectivity index (χ1v) is 13.1. The van der Waals surface area contributed by atoms with Gasteiger partial charge in [0.1, 0.15) is 11.8 Å². The predicted octanol–water partition coefficient (Wildman–Crippen LogP) is 6.35. The van der Waals surface area contributed by atoms with Gasteiger partial charge in [0.25, 0.3) is 11.8 Å². The van der Waals surface area contributed by atoms with Gasteiger partial charge < -0.3 is 20.1 Å². The molecule has 5 rings (SSSR count). The molecular weight excluding hydrogens is 504 g/mol. The van der Waals surface area contributed by atoms with Crippen LogP contribution in [0.15, 0.2) is 91.0 Å². The molecule has 4 aromatic carbocycles. The van der Waals surface area contributed by atoms with Gasteiger partial charge in [0.2, 0.25) is 0 Å². The van der Waals surface area contributed by atoms with Crippen LogP contribution in [0.25, 0.3) is 22.3 Å². The van der Waals surface area contributed by atoms with Crippen LogP contribution < -0.4 is 10.1 Å². The van der Waals surface area contributed by atoms with Crippen molar-refractivity contribution in [1.29, 1.82) is 0 Å². The molecule has 0 radical (unpaired) electrons. The number of rotatable bonds is 8. The van der Waals surface area contributed by atoms with Crippen molar-refractivity contribution in [3.63, 3.8) is 0 Å². The van der Waals surface area contributed by atoms with E-state index in [1.54, 1.807) is 38.1 Å². The maximum absolute atomic E-state index is 13.2. The van der Waals surface area contributed by atoms with Gasteiger partial charge in [0.15, 0.2) is 0 Å². The summed E-state index contributed by atoms with van der Waals surface area (Å²) >= 11 is 0. The van der Waals surface area contributed by atoms with E-state index in [-0.39, 0.29) is 24.3 Å². The molecule has 0 saturated heterocycles. The van der Waals surface area contributed by atoms with E-state index in [0.29, 0.717) is 22.6 Å². The van der Waals surface area contributed by atoms with Crippen molar-refractivity contribution in [2.75, 3.05) is 12.4 Å². The third-order valence-corrected chi connectivity index (χ3v) is 7.19. The van der Waals surface area contributed by atoms with Gasteiger partial charge in [-0.05, 0) is 64.6 Å². The first-order chi connectivity index (χ1) is 19.3. The van der Waals surface area contributed by atoms with E-state index in [9.17, 15) is 19.5 Å². The Morgan fingerprint density at radius 3 is 2.17 bits per heavy atom. The van der Waals surface area contributed by atoms with Crippen LogP contribution in [0.4, 0.5) is 5.69 Å². The summed E-state index contributed by atoms with van der Waals surface area (Å²) in [4.78, 5) is 39.5. The molecule has 2 N–H and O–H groups in total. The molecular formula is C33H30N2O5. The number of fused-ring (bicyclic) bond motifs is 1. The smallest absolute Gasteiger partial charge is 0.326 e. The summed E-state index contributed by atoms with van der Waals surface area (Å²) in [6, 6.07) is 27.4. The largest absolute Gasteiger partial charge is 0.496 e. The Balaban J connectivity index is 1.35. The summed E-state index contributed by atoms with van der Waals surface area (Å²) in [5.41, 5.74) is 5.99. The molecule has 2 amide bonds. The fourth-order valence-corrected chi connectivity index (χ4v) is 5.14. The second-order valence-electron chi connectivity index (χ2n) is 10.1. The van der Waals surface area contributed by atoms with E-state index in [1.807, 2.05) is 66.7 Å². The molecule has 1 heterocycles. The lowest BCUT2D eigenvalue weighted by Gasteiger charge is -2.27. The summed E-state index contributed by atoms with van der Waals surface area (Å²) in [5.74, 6) is -1.33. The number of carbonyl (C=O) groups excluding carboxylic acids is 2. The summed E-state index contributed by atoms with van der Waals surface area (Å²) in [6.45, 7) is 3.85. The molecule has 0 unspecified atom stereocenters. The lowest BCUT2D eigenvalue weighted by atomic mass is 9.98. The number of nitrogens with one attached hydrogen (secondary N) is 1. The number of benzene rings is 4. The van der Waals surface area contributed by atoms with Crippen LogP contribution in [0.2, 0.25) is 0 Å². The number of carboxylic acid groups (broad SMARTS) is 1. The van der Waals surface area contributed by atoms with Crippen molar-refractivity contribution in [2.24, 2.45) is 5.92 Å². The molecule has 7 nitrogen and oxygen atoms in total. The molecule has 0 saturated carbocycles. The van der Waals surface area contributed by atoms with Gasteiger partial charge in [-0.2, -0.15) is 0 Å². The fourth-order valence-electron chi connectivity index (χ4n) is 5.14. The monoisotopic (exact) mass is 534 g/mol. The Bertz CT molecular complexity index is 1580. The lowest BCUT2D eigenvalue weighted by molar-refractivity contribution is -0.144. The molecule has 0 aromatic heterocycles. The number of aliphatic carboxylic acids is 1. The normalized spacial score (nSPS) is 13.2. The molecule has 0 fully saturated rings. The standard InChI is InChI=1S/C33H30N2O5/c1-20(2)30(33(38)39)35-19-25-10-9-23(17-28(25)32(35)37)27-16-13-24(18-29(27)40-3)31(36)34-26-14-11-22(12-15-26)21-7-5-4-6-8-21/h4-18,20,30H,19H2,1-3H3,(H,34,36)(H,38,39)/t30-/m0/s1. The molecule has 7 heteroatoms. The van der Waals surface area contributed by atoms with Gasteiger partial charge in [-0.1, -0.05) is 68.4 Å². The van der Waals surface area contributed by atoms with Crippen molar-refractivity contribution in [1.82, 2.24) is 4.90 Å². The van der Waals surface area contributed by atoms with Gasteiger partial charge in [0, 0.05) is 28.9 Å². The number of anilines is 1. The number of ether oxygens (including phenoxy) is 1. The first-order valence-electron chi connectivity index (χ1n) is 13.1. The van der Waals surface area contributed by atoms with Crippen LogP contribution in [0.1, 0.15) is 40.1 Å². The minimum Gasteiger partial charge on any atom is -0.496 e. The quantitative estimate of drug-likeness (QED) is 0.275. The molecule has 0 aliphatic carbocycles. The average molecular weight is 535 g/mol. The summed E-state index contributed by atoms with van der Waals surface area (Å²) < 4.78 is 5.62. The number of carbonyl (C=O) groups is 3. The van der Waals surface area contributed by atoms with Crippen LogP contribution in [0.3, 0.4) is 0 Å². The van der Waals surface area contributed by atoms with Crippen LogP contribution in [-0.4, -0.2) is 40.9 Å². The third-order valence-electron chi connectivity index (χ3n) is 7.19. The summed E-state index contributed by atoms with van der Waals surface area (Å²) in [7, 11) is 1.53. The zero-order chi connectivity index (χ0) is 28.4. The number of hydrogen-bond donors (Lipinski definition) is 2. The first kappa shape index (κ1) is 26.7. The molecule has 0 bridgehead atoms. The van der Waals surface area contributed by atoms with Gasteiger partial charge >= 0.3 is 5.97 Å². The van der Waals surface area contributed by atoms with Crippen molar-refractivity contribution in [3.8, 4) is 28.0 Å². The molecule has 4 aromatic rings. The highest BCUT2D eigenvalue weighted by molar-refractivity contribution is 6.05. The number of amides is 2. The Kier molecular flexibility index (Phi) is 7.38. The number of nitrogens with zero attached hydrogens (tertiary/aromatic N) is 1. The Hall–Kier alpha value is -4.91. The highest BCUT2D eigenvalue weighted by Gasteiger charge is 2.38. The zero-order valence-corrected chi connectivity index (χ0v) is 22.5. The van der Waals surface area contributed by atoms with Gasteiger partial charge in [0.05, 0.1) is 7.11 Å². The van der Waals surface area contributed by atoms with Gasteiger partial charge in [-0.3, -0.25) is 9.59 Å². The molecule has 40 heavy (non-hydrogen) atoms. The Labute approximate surface area is 233 Å². The summed E-state index contributed by atoms with van der Waals surface area (Å²) in [5, 5.41) is 12.6. The molecule has 1 atom stereocenters. The highest BCUT2D eigenvalue weighted by atomic mass is 16.5. The molecule has 202 valence electrons. The van der Waals surface area contributed by atoms with E-state index in [2.05, 4.69) is 5.32 Å². The number of hydrogen-bond acceptors (Lipinski definition) is 4. The van der Waals surface area contributed by atoms with E-state index in [0.717, 1.165) is 27.8 Å². The maximum atomic E-state index is 13.2. The highest BCUT2D eigenvalue weighted by Crippen LogP contribution is 2.35. The van der Waals surface area contributed by atoms with Crippen molar-refractivity contribution in [3.05, 3.63) is 108 Å². The molecule has 0 spiro atoms. The molecule has 1 aliphatic heterocycles. The minimum absolute atomic E-state index is 0.226. The minimum atomic E-state index is -1.01. The van der Waals surface area contributed by atoms with Crippen molar-refractivity contribution < 1.29 is 24.2 Å². The second-order valence-corrected chi connectivity index (χ2v) is 10.1. The fraction of sp³-hybridized carbons (Fsp3) is 0.182. The number of methoxy groups -OCH3 is 1. The number of carboxylic acids is 1. The topological polar surface area (TPSA) is 95.9 Å². The molecule has 1 aliphatic rings. The van der Waals surface area contributed by atoms with Gasteiger partial charge in [-0.25, -0.2) is 4.79 Å². The van der Waals surface area contributed by atoms with Crippen LogP contribution in [0, 0.1) is 5.92 Å². The van der Waals surface area contributed by atoms with E-state index >= 15 is 0 Å². The van der Waals surface area contributed by atoms with Crippen LogP contribution in [0.5, 0.6) is 5.75 Å². The Morgan fingerprint density at radius 2 is 1.52 bits per heavy atom. The van der Waals surface area contributed by atoms with E-state index in [4.69, 9.17) is 4.74 Å². The van der Waals surface area contributed by atoms with Gasteiger partial charge in [-0.15, -0.1) is 0 Å². The van der Waals surface area contributed by atoms with Crippen LogP contribution >= 0.6 is 0 Å². The predicted molar refractivity (Wildman–Crippen MR) is 154 cm³/mol. The SMILES string of the molecule is COc1cc(C(=O)Nc2ccc(-c3ccccc3)cc2)ccc1-c1ccc2c(c1)C(=O)N([C@H](C(=O)O)C(C)C)C2. The average Bonchev–Trinajstić information content (AvgIpc) is 3.28. The Morgan fingerprint density at radius 1 is 0.850 bits per heavy atom. The third kappa shape index (κ3) is 5.18. The lowest BCUT2D eigenvalue weighted by Crippen LogP contribution is -2.44. The zero-order valence-electron chi connectivity index (χ0n) is 22.5. The van der Waals surface area contributed by atoms with Crippen LogP contribution in [-0.2, 0) is 11.3 Å². The van der Waals surface area contributed by atoms with Crippen molar-refractivity contribution in [2.45, 2.75) is 26.4 Å². The summed E-state index contributed by atoms with van der Waals surface area (Å²) in [6.07, 6.45) is 0. The maximum Gasteiger partial charge on any atom is 0.326 e. The second kappa shape index (κ2) is 11.1. The van der Waals surface area contributed by atoms with E-state index < -0.39 is 12.0 Å². The van der Waals surface area contributed by atoms with E-state index in [1.165, 1.54) is 12.0 Å². The van der Waals surface area contributed by atoms with Crippen molar-refractivity contribution >= 4 is 23.5 Å².